The summed E-state index contributed by atoms with van der Waals surface area (Å²) in [6.45, 7) is 10.9. The third-order valence-corrected chi connectivity index (χ3v) is 7.11. The first-order chi connectivity index (χ1) is 12.6. The van der Waals surface area contributed by atoms with Crippen LogP contribution in [0.2, 0.25) is 0 Å². The summed E-state index contributed by atoms with van der Waals surface area (Å²) in [4.78, 5) is 9.06. The predicted molar refractivity (Wildman–Crippen MR) is 129 cm³/mol. The van der Waals surface area contributed by atoms with Crippen molar-refractivity contribution >= 4 is 41.3 Å². The van der Waals surface area contributed by atoms with E-state index in [4.69, 9.17) is 4.99 Å². The Balaban J connectivity index is 0.00000261. The molecule has 4 nitrogen and oxygen atoms in total. The van der Waals surface area contributed by atoms with Gasteiger partial charge in [-0.25, -0.2) is 0 Å². The SMILES string of the molecule is CCNC(=NCC(C)(C)c1cccs1)NC1CCN(C2CCCC2)CC1.I. The van der Waals surface area contributed by atoms with E-state index in [9.17, 15) is 0 Å². The van der Waals surface area contributed by atoms with E-state index in [2.05, 4.69) is 53.8 Å². The zero-order valence-corrected chi connectivity index (χ0v) is 20.3. The maximum Gasteiger partial charge on any atom is 0.191 e. The Morgan fingerprint density at radius 2 is 1.93 bits per heavy atom. The van der Waals surface area contributed by atoms with Gasteiger partial charge >= 0.3 is 0 Å². The molecule has 2 N–H and O–H groups in total. The van der Waals surface area contributed by atoms with Crippen molar-refractivity contribution in [1.82, 2.24) is 15.5 Å². The molecule has 1 aliphatic carbocycles. The Morgan fingerprint density at radius 3 is 2.52 bits per heavy atom. The van der Waals surface area contributed by atoms with Gasteiger partial charge in [-0.2, -0.15) is 0 Å². The number of rotatable bonds is 6. The van der Waals surface area contributed by atoms with Crippen molar-refractivity contribution in [2.24, 2.45) is 4.99 Å². The summed E-state index contributed by atoms with van der Waals surface area (Å²) in [5, 5.41) is 9.30. The minimum absolute atomic E-state index is 0. The number of aliphatic imine (C=N–C) groups is 1. The van der Waals surface area contributed by atoms with Crippen LogP contribution in [-0.4, -0.2) is 49.1 Å². The monoisotopic (exact) mass is 504 g/mol. The summed E-state index contributed by atoms with van der Waals surface area (Å²) >= 11 is 1.83. The summed E-state index contributed by atoms with van der Waals surface area (Å²) in [6, 6.07) is 5.77. The fraction of sp³-hybridized carbons (Fsp3) is 0.762. The molecule has 3 rings (SSSR count). The Bertz CT molecular complexity index is 559. The molecule has 1 aliphatic heterocycles. The first kappa shape index (κ1) is 22.9. The topological polar surface area (TPSA) is 39.7 Å². The van der Waals surface area contributed by atoms with Crippen LogP contribution < -0.4 is 10.6 Å². The van der Waals surface area contributed by atoms with E-state index in [0.29, 0.717) is 6.04 Å². The summed E-state index contributed by atoms with van der Waals surface area (Å²) in [6.07, 6.45) is 8.16. The van der Waals surface area contributed by atoms with Crippen LogP contribution >= 0.6 is 35.3 Å². The highest BCUT2D eigenvalue weighted by atomic mass is 127. The fourth-order valence-corrected chi connectivity index (χ4v) is 5.05. The van der Waals surface area contributed by atoms with Gasteiger partial charge in [0.25, 0.3) is 0 Å². The molecule has 27 heavy (non-hydrogen) atoms. The lowest BCUT2D eigenvalue weighted by Gasteiger charge is -2.36. The zero-order chi connectivity index (χ0) is 18.4. The molecule has 0 amide bonds. The number of likely N-dealkylation sites (tertiary alicyclic amines) is 1. The average Bonchev–Trinajstić information content (AvgIpc) is 3.34. The second kappa shape index (κ2) is 11.0. The van der Waals surface area contributed by atoms with Crippen LogP contribution in [0.3, 0.4) is 0 Å². The Kier molecular flexibility index (Phi) is 9.35. The lowest BCUT2D eigenvalue weighted by Crippen LogP contribution is -2.50. The molecular weight excluding hydrogens is 467 g/mol. The number of guanidine groups is 1. The molecular formula is C21H37IN4S. The van der Waals surface area contributed by atoms with Crippen LogP contribution in [0.25, 0.3) is 0 Å². The van der Waals surface area contributed by atoms with E-state index in [1.54, 1.807) is 0 Å². The molecule has 2 fully saturated rings. The Morgan fingerprint density at radius 1 is 1.22 bits per heavy atom. The molecule has 1 saturated heterocycles. The Hall–Kier alpha value is -0.340. The molecule has 2 aliphatic rings. The number of halogens is 1. The van der Waals surface area contributed by atoms with Crippen molar-refractivity contribution < 1.29 is 0 Å². The molecule has 0 spiro atoms. The van der Waals surface area contributed by atoms with Gasteiger partial charge in [0.05, 0.1) is 6.54 Å². The highest BCUT2D eigenvalue weighted by Gasteiger charge is 2.27. The largest absolute Gasteiger partial charge is 0.357 e. The average molecular weight is 505 g/mol. The molecule has 0 bridgehead atoms. The summed E-state index contributed by atoms with van der Waals surface area (Å²) in [7, 11) is 0. The van der Waals surface area contributed by atoms with Crippen LogP contribution in [0.5, 0.6) is 0 Å². The number of nitrogens with zero attached hydrogens (tertiary/aromatic N) is 2. The number of hydrogen-bond donors (Lipinski definition) is 2. The van der Waals surface area contributed by atoms with Gasteiger partial charge in [0.1, 0.15) is 0 Å². The van der Waals surface area contributed by atoms with Gasteiger partial charge in [0.2, 0.25) is 0 Å². The van der Waals surface area contributed by atoms with Crippen LogP contribution in [-0.2, 0) is 5.41 Å². The minimum Gasteiger partial charge on any atom is -0.357 e. The highest BCUT2D eigenvalue weighted by molar-refractivity contribution is 14.0. The molecule has 0 unspecified atom stereocenters. The van der Waals surface area contributed by atoms with Crippen molar-refractivity contribution in [3.63, 3.8) is 0 Å². The van der Waals surface area contributed by atoms with E-state index in [1.807, 2.05) is 11.3 Å². The summed E-state index contributed by atoms with van der Waals surface area (Å²) < 4.78 is 0. The van der Waals surface area contributed by atoms with Gasteiger partial charge in [-0.3, -0.25) is 4.99 Å². The minimum atomic E-state index is 0. The number of thiophene rings is 1. The molecule has 6 heteroatoms. The maximum atomic E-state index is 4.92. The van der Waals surface area contributed by atoms with Gasteiger partial charge in [-0.15, -0.1) is 35.3 Å². The summed E-state index contributed by atoms with van der Waals surface area (Å²) in [5.41, 5.74) is 0.0857. The molecule has 1 aromatic rings. The third-order valence-electron chi connectivity index (χ3n) is 5.88. The second-order valence-corrected chi connectivity index (χ2v) is 9.40. The number of nitrogens with one attached hydrogen (secondary N) is 2. The van der Waals surface area contributed by atoms with Crippen molar-refractivity contribution in [3.05, 3.63) is 22.4 Å². The van der Waals surface area contributed by atoms with Gasteiger partial charge in [-0.1, -0.05) is 32.8 Å². The molecule has 1 saturated carbocycles. The van der Waals surface area contributed by atoms with Crippen LogP contribution in [0.1, 0.15) is 64.2 Å². The molecule has 0 aromatic carbocycles. The molecule has 2 heterocycles. The quantitative estimate of drug-likeness (QED) is 0.338. The Labute approximate surface area is 186 Å². The molecule has 1 aromatic heterocycles. The fourth-order valence-electron chi connectivity index (χ4n) is 4.21. The highest BCUT2D eigenvalue weighted by Crippen LogP contribution is 2.28. The number of piperidine rings is 1. The first-order valence-electron chi connectivity index (χ1n) is 10.4. The van der Waals surface area contributed by atoms with Crippen LogP contribution in [0.15, 0.2) is 22.5 Å². The van der Waals surface area contributed by atoms with E-state index in [0.717, 1.165) is 25.1 Å². The van der Waals surface area contributed by atoms with E-state index in [1.165, 1.54) is 56.5 Å². The van der Waals surface area contributed by atoms with Crippen molar-refractivity contribution in [2.45, 2.75) is 76.8 Å². The second-order valence-electron chi connectivity index (χ2n) is 8.45. The maximum absolute atomic E-state index is 4.92. The van der Waals surface area contributed by atoms with Gasteiger partial charge in [-0.05, 0) is 44.1 Å². The molecule has 0 radical (unpaired) electrons. The van der Waals surface area contributed by atoms with E-state index in [-0.39, 0.29) is 29.4 Å². The van der Waals surface area contributed by atoms with Crippen molar-refractivity contribution in [3.8, 4) is 0 Å². The lowest BCUT2D eigenvalue weighted by molar-refractivity contribution is 0.150. The van der Waals surface area contributed by atoms with Crippen LogP contribution in [0, 0.1) is 0 Å². The molecule has 0 atom stereocenters. The van der Waals surface area contributed by atoms with Crippen molar-refractivity contribution in [2.75, 3.05) is 26.2 Å². The number of hydrogen-bond acceptors (Lipinski definition) is 3. The predicted octanol–water partition coefficient (Wildman–Crippen LogP) is 4.61. The van der Waals surface area contributed by atoms with E-state index >= 15 is 0 Å². The van der Waals surface area contributed by atoms with Crippen LogP contribution in [0.4, 0.5) is 0 Å². The standard InChI is InChI=1S/C21H36N4S.HI/c1-4-22-20(23-16-21(2,3)19-10-7-15-26-19)24-17-11-13-25(14-12-17)18-8-5-6-9-18;/h7,10,15,17-18H,4-6,8-9,11-14,16H2,1-3H3,(H2,22,23,24);1H. The van der Waals surface area contributed by atoms with E-state index < -0.39 is 0 Å². The summed E-state index contributed by atoms with van der Waals surface area (Å²) in [5.74, 6) is 0.983. The first-order valence-corrected chi connectivity index (χ1v) is 11.3. The van der Waals surface area contributed by atoms with Gasteiger partial charge in [0, 0.05) is 42.0 Å². The normalized spacial score (nSPS) is 20.5. The van der Waals surface area contributed by atoms with Gasteiger partial charge in [0.15, 0.2) is 5.96 Å². The third kappa shape index (κ3) is 6.60. The smallest absolute Gasteiger partial charge is 0.191 e. The molecule has 154 valence electrons. The zero-order valence-electron chi connectivity index (χ0n) is 17.2. The van der Waals surface area contributed by atoms with Gasteiger partial charge < -0.3 is 15.5 Å². The lowest BCUT2D eigenvalue weighted by atomic mass is 9.92. The van der Waals surface area contributed by atoms with Crippen molar-refractivity contribution in [1.29, 1.82) is 0 Å².